The minimum absolute atomic E-state index is 0.178. The monoisotopic (exact) mass is 425 g/mol. The highest BCUT2D eigenvalue weighted by molar-refractivity contribution is 7.85. The molecule has 4 rings (SSSR count). The van der Waals surface area contributed by atoms with Crippen LogP contribution in [0.1, 0.15) is 17.5 Å². The lowest BCUT2D eigenvalue weighted by molar-refractivity contribution is -0.669. The Bertz CT molecular complexity index is 1210. The van der Waals surface area contributed by atoms with Crippen LogP contribution in [0.25, 0.3) is 21.3 Å². The van der Waals surface area contributed by atoms with Crippen molar-refractivity contribution in [3.8, 4) is 11.1 Å². The van der Waals surface area contributed by atoms with Crippen LogP contribution in [0.15, 0.2) is 77.7 Å². The summed E-state index contributed by atoms with van der Waals surface area (Å²) < 4.78 is 34.9. The highest BCUT2D eigenvalue weighted by Crippen LogP contribution is 2.26. The largest absolute Gasteiger partial charge is 0.744 e. The van der Waals surface area contributed by atoms with Crippen molar-refractivity contribution in [2.75, 3.05) is 0 Å². The van der Waals surface area contributed by atoms with E-state index in [9.17, 15) is 13.0 Å². The quantitative estimate of drug-likeness (QED) is 0.340. The molecule has 0 saturated heterocycles. The van der Waals surface area contributed by atoms with Gasteiger partial charge in [0.2, 0.25) is 10.5 Å². The third kappa shape index (κ3) is 5.09. The number of nitrogens with zero attached hydrogens (tertiary/aromatic N) is 1. The molecular weight excluding hydrogens is 402 g/mol. The number of rotatable bonds is 3. The van der Waals surface area contributed by atoms with Crippen LogP contribution < -0.4 is 4.57 Å². The number of aromatic nitrogens is 1. The van der Waals surface area contributed by atoms with Crippen LogP contribution >= 0.6 is 11.3 Å². The summed E-state index contributed by atoms with van der Waals surface area (Å²) in [6, 6.07) is 23.1. The second-order valence-electron chi connectivity index (χ2n) is 6.68. The second-order valence-corrected chi connectivity index (χ2v) is 9.30. The molecule has 0 atom stereocenters. The van der Waals surface area contributed by atoms with Gasteiger partial charge in [0, 0.05) is 13.0 Å². The fourth-order valence-electron chi connectivity index (χ4n) is 3.11. The van der Waals surface area contributed by atoms with Gasteiger partial charge in [-0.3, -0.25) is 0 Å². The summed E-state index contributed by atoms with van der Waals surface area (Å²) in [5.41, 5.74) is 4.85. The van der Waals surface area contributed by atoms with Gasteiger partial charge < -0.3 is 4.55 Å². The van der Waals surface area contributed by atoms with Crippen LogP contribution in [0.3, 0.4) is 0 Å². The molecule has 6 heteroatoms. The van der Waals surface area contributed by atoms with Gasteiger partial charge in [-0.05, 0) is 43.2 Å². The Morgan fingerprint density at radius 1 is 0.897 bits per heavy atom. The molecule has 3 aromatic carbocycles. The topological polar surface area (TPSA) is 61.1 Å². The number of hydrogen-bond acceptors (Lipinski definition) is 4. The Morgan fingerprint density at radius 3 is 2.14 bits per heavy atom. The molecule has 0 aliphatic rings. The Hall–Kier alpha value is -2.54. The maximum atomic E-state index is 10.4. The summed E-state index contributed by atoms with van der Waals surface area (Å²) in [6.45, 7) is 7.25. The molecule has 150 valence electrons. The van der Waals surface area contributed by atoms with E-state index in [1.807, 2.05) is 18.3 Å². The Balaban J connectivity index is 0.000000188. The summed E-state index contributed by atoms with van der Waals surface area (Å²) >= 11 is 1.87. The average Bonchev–Trinajstić information content (AvgIpc) is 3.03. The van der Waals surface area contributed by atoms with Gasteiger partial charge in [0.15, 0.2) is 0 Å². The summed E-state index contributed by atoms with van der Waals surface area (Å²) in [7, 11) is -4.27. The number of aryl methyl sites for hydroxylation is 3. The molecule has 4 nitrogen and oxygen atoms in total. The van der Waals surface area contributed by atoms with E-state index in [0.717, 1.165) is 12.1 Å². The van der Waals surface area contributed by atoms with Gasteiger partial charge in [-0.25, -0.2) is 8.42 Å². The van der Waals surface area contributed by atoms with Crippen molar-refractivity contribution in [1.82, 2.24) is 0 Å². The first-order valence-electron chi connectivity index (χ1n) is 9.30. The van der Waals surface area contributed by atoms with Crippen molar-refractivity contribution in [3.63, 3.8) is 0 Å². The highest BCUT2D eigenvalue weighted by Gasteiger charge is 2.15. The zero-order chi connectivity index (χ0) is 21.0. The highest BCUT2D eigenvalue weighted by atomic mass is 32.2. The fourth-order valence-corrected chi connectivity index (χ4v) is 4.64. The van der Waals surface area contributed by atoms with Crippen LogP contribution in [0.4, 0.5) is 0 Å². The van der Waals surface area contributed by atoms with Gasteiger partial charge >= 0.3 is 0 Å². The smallest absolute Gasteiger partial charge is 0.235 e. The zero-order valence-corrected chi connectivity index (χ0v) is 18.3. The molecule has 0 spiro atoms. The van der Waals surface area contributed by atoms with Crippen molar-refractivity contribution >= 4 is 31.7 Å². The van der Waals surface area contributed by atoms with E-state index in [0.29, 0.717) is 0 Å². The first kappa shape index (κ1) is 21.2. The zero-order valence-electron chi connectivity index (χ0n) is 16.6. The predicted molar refractivity (Wildman–Crippen MR) is 117 cm³/mol. The molecule has 0 bridgehead atoms. The Labute approximate surface area is 175 Å². The number of fused-ring (bicyclic) bond motifs is 1. The van der Waals surface area contributed by atoms with Gasteiger partial charge in [0.25, 0.3) is 0 Å². The van der Waals surface area contributed by atoms with Crippen LogP contribution in [0.2, 0.25) is 0 Å². The van der Waals surface area contributed by atoms with E-state index in [-0.39, 0.29) is 4.90 Å². The molecule has 0 N–H and O–H groups in total. The lowest BCUT2D eigenvalue weighted by Gasteiger charge is -2.05. The fraction of sp³-hybridized carbons (Fsp3) is 0.174. The first-order chi connectivity index (χ1) is 13.8. The lowest BCUT2D eigenvalue weighted by Crippen LogP contribution is -2.33. The lowest BCUT2D eigenvalue weighted by atomic mass is 10.1. The molecule has 29 heavy (non-hydrogen) atoms. The van der Waals surface area contributed by atoms with Gasteiger partial charge in [-0.15, -0.1) is 0 Å². The molecule has 1 heterocycles. The van der Waals surface area contributed by atoms with E-state index in [4.69, 9.17) is 0 Å². The van der Waals surface area contributed by atoms with E-state index in [1.165, 1.54) is 38.5 Å². The molecule has 0 amide bonds. The molecule has 1 aromatic heterocycles. The molecule has 0 aliphatic carbocycles. The van der Waals surface area contributed by atoms with Crippen molar-refractivity contribution in [3.05, 3.63) is 83.4 Å². The van der Waals surface area contributed by atoms with Gasteiger partial charge in [0.1, 0.15) is 21.4 Å². The first-order valence-corrected chi connectivity index (χ1v) is 11.5. The Morgan fingerprint density at radius 2 is 1.55 bits per heavy atom. The van der Waals surface area contributed by atoms with E-state index < -0.39 is 10.1 Å². The van der Waals surface area contributed by atoms with Crippen LogP contribution in [-0.4, -0.2) is 13.0 Å². The van der Waals surface area contributed by atoms with Crippen molar-refractivity contribution < 1.29 is 17.5 Å². The van der Waals surface area contributed by atoms with Gasteiger partial charge in [0.05, 0.1) is 4.90 Å². The normalized spacial score (nSPS) is 11.2. The van der Waals surface area contributed by atoms with Crippen molar-refractivity contribution in [2.24, 2.45) is 0 Å². The number of benzene rings is 3. The number of thiazole rings is 1. The van der Waals surface area contributed by atoms with Gasteiger partial charge in [-0.2, -0.15) is 4.57 Å². The standard InChI is InChI=1S/C16H16NS.C7H8O3S/c1-3-17-12(2)18-16-10-9-14(11-15(16)17)13-7-5-4-6-8-13;1-6-2-4-7(5-3-6)11(8,9)10/h4-11H,3H2,1-2H3;2-5H,1H3,(H,8,9,10)/q+1;/p-1. The van der Waals surface area contributed by atoms with E-state index in [1.54, 1.807) is 12.1 Å². The molecule has 0 fully saturated rings. The summed E-state index contributed by atoms with van der Waals surface area (Å²) in [5.74, 6) is 0. The minimum Gasteiger partial charge on any atom is -0.744 e. The molecule has 0 saturated carbocycles. The SMILES string of the molecule is CC[n+]1c(C)sc2ccc(-c3ccccc3)cc21.Cc1ccc(S(=O)(=O)[O-])cc1. The van der Waals surface area contributed by atoms with Crippen LogP contribution in [0, 0.1) is 13.8 Å². The summed E-state index contributed by atoms with van der Waals surface area (Å²) in [5, 5.41) is 1.37. The molecular formula is C23H23NO3S2. The average molecular weight is 426 g/mol. The second kappa shape index (κ2) is 8.86. The summed E-state index contributed by atoms with van der Waals surface area (Å²) in [6.07, 6.45) is 0. The van der Waals surface area contributed by atoms with Crippen LogP contribution in [0.5, 0.6) is 0 Å². The minimum atomic E-state index is -4.27. The number of hydrogen-bond donors (Lipinski definition) is 0. The third-order valence-electron chi connectivity index (χ3n) is 4.62. The molecule has 0 unspecified atom stereocenters. The maximum Gasteiger partial charge on any atom is 0.235 e. The third-order valence-corrected chi connectivity index (χ3v) is 6.55. The predicted octanol–water partition coefficient (Wildman–Crippen LogP) is 5.08. The molecule has 0 aliphatic heterocycles. The van der Waals surface area contributed by atoms with Crippen LogP contribution in [-0.2, 0) is 16.7 Å². The van der Waals surface area contributed by atoms with E-state index in [2.05, 4.69) is 66.9 Å². The molecule has 4 aromatic rings. The van der Waals surface area contributed by atoms with Gasteiger partial charge in [-0.1, -0.05) is 65.4 Å². The van der Waals surface area contributed by atoms with Crippen molar-refractivity contribution in [1.29, 1.82) is 0 Å². The maximum absolute atomic E-state index is 10.4. The summed E-state index contributed by atoms with van der Waals surface area (Å²) in [4.78, 5) is -0.178. The van der Waals surface area contributed by atoms with Crippen molar-refractivity contribution in [2.45, 2.75) is 32.2 Å². The Kier molecular flexibility index (Phi) is 6.47. The van der Waals surface area contributed by atoms with E-state index >= 15 is 0 Å². The molecule has 0 radical (unpaired) electrons.